The van der Waals surface area contributed by atoms with Gasteiger partial charge in [0, 0.05) is 20.2 Å². The molecular weight excluding hydrogens is 238 g/mol. The van der Waals surface area contributed by atoms with Crippen LogP contribution in [0.1, 0.15) is 6.92 Å². The van der Waals surface area contributed by atoms with Crippen LogP contribution in [0, 0.1) is 5.92 Å². The Balaban J connectivity index is 3.72. The summed E-state index contributed by atoms with van der Waals surface area (Å²) in [6, 6.07) is 0. The number of ether oxygens (including phenoxy) is 3. The number of carbonyl (C=O) groups excluding carboxylic acids is 1. The van der Waals surface area contributed by atoms with Gasteiger partial charge in [-0.05, 0) is 7.05 Å². The third-order valence-corrected chi connectivity index (χ3v) is 2.45. The number of aliphatic hydroxyl groups is 1. The Hall–Kier alpha value is -0.690. The summed E-state index contributed by atoms with van der Waals surface area (Å²) in [5.74, 6) is -0.450. The summed E-state index contributed by atoms with van der Waals surface area (Å²) in [6.07, 6.45) is -0.572. The van der Waals surface area contributed by atoms with Crippen molar-refractivity contribution in [2.24, 2.45) is 5.92 Å². The van der Waals surface area contributed by atoms with E-state index >= 15 is 0 Å². The van der Waals surface area contributed by atoms with Crippen molar-refractivity contribution in [2.45, 2.75) is 13.0 Å². The number of aliphatic hydroxyl groups excluding tert-OH is 1. The fourth-order valence-corrected chi connectivity index (χ4v) is 1.59. The molecule has 6 heteroatoms. The zero-order valence-corrected chi connectivity index (χ0v) is 11.7. The van der Waals surface area contributed by atoms with Gasteiger partial charge in [-0.2, -0.15) is 0 Å². The van der Waals surface area contributed by atoms with Crippen molar-refractivity contribution in [3.05, 3.63) is 0 Å². The largest absolute Gasteiger partial charge is 0.469 e. The second-order valence-electron chi connectivity index (χ2n) is 4.37. The van der Waals surface area contributed by atoms with E-state index in [1.165, 1.54) is 7.11 Å². The van der Waals surface area contributed by atoms with Gasteiger partial charge in [0.25, 0.3) is 0 Å². The maximum atomic E-state index is 11.2. The molecule has 0 aliphatic carbocycles. The van der Waals surface area contributed by atoms with Gasteiger partial charge < -0.3 is 24.2 Å². The van der Waals surface area contributed by atoms with Gasteiger partial charge in [0.05, 0.1) is 39.0 Å². The van der Waals surface area contributed by atoms with Crippen LogP contribution in [0.25, 0.3) is 0 Å². The molecular formula is C12H25NO5. The van der Waals surface area contributed by atoms with Gasteiger partial charge in [0.15, 0.2) is 0 Å². The molecule has 0 aromatic heterocycles. The van der Waals surface area contributed by atoms with Gasteiger partial charge in [0.1, 0.15) is 0 Å². The summed E-state index contributed by atoms with van der Waals surface area (Å²) >= 11 is 0. The first kappa shape index (κ1) is 17.3. The Bertz CT molecular complexity index is 225. The van der Waals surface area contributed by atoms with Gasteiger partial charge in [-0.15, -0.1) is 0 Å². The van der Waals surface area contributed by atoms with Crippen molar-refractivity contribution >= 4 is 5.97 Å². The molecule has 18 heavy (non-hydrogen) atoms. The Morgan fingerprint density at radius 1 is 1.28 bits per heavy atom. The SMILES string of the molecule is COCCOCC(O)CN(C)CC(C)C(=O)OC. The molecule has 0 heterocycles. The van der Waals surface area contributed by atoms with Crippen LogP contribution in [-0.4, -0.2) is 76.3 Å². The molecule has 0 saturated heterocycles. The van der Waals surface area contributed by atoms with Crippen LogP contribution in [0.4, 0.5) is 0 Å². The lowest BCUT2D eigenvalue weighted by molar-refractivity contribution is -0.145. The molecule has 1 N–H and O–H groups in total. The Morgan fingerprint density at radius 3 is 2.50 bits per heavy atom. The predicted octanol–water partition coefficient (Wildman–Crippen LogP) is -0.249. The Morgan fingerprint density at radius 2 is 1.94 bits per heavy atom. The highest BCUT2D eigenvalue weighted by Crippen LogP contribution is 2.01. The molecule has 0 aliphatic rings. The first-order chi connectivity index (χ1) is 8.51. The van der Waals surface area contributed by atoms with E-state index in [2.05, 4.69) is 4.74 Å². The summed E-state index contributed by atoms with van der Waals surface area (Å²) in [4.78, 5) is 13.1. The number of methoxy groups -OCH3 is 2. The first-order valence-electron chi connectivity index (χ1n) is 6.02. The van der Waals surface area contributed by atoms with Crippen molar-refractivity contribution < 1.29 is 24.1 Å². The molecule has 0 amide bonds. The van der Waals surface area contributed by atoms with Crippen molar-refractivity contribution in [1.82, 2.24) is 4.90 Å². The summed E-state index contributed by atoms with van der Waals surface area (Å²) < 4.78 is 14.7. The molecule has 0 rings (SSSR count). The zero-order chi connectivity index (χ0) is 14.0. The third-order valence-electron chi connectivity index (χ3n) is 2.45. The van der Waals surface area contributed by atoms with Crippen LogP contribution in [0.2, 0.25) is 0 Å². The van der Waals surface area contributed by atoms with Crippen LogP contribution in [0.5, 0.6) is 0 Å². The molecule has 0 radical (unpaired) electrons. The summed E-state index contributed by atoms with van der Waals surface area (Å²) in [5.41, 5.74) is 0. The molecule has 2 unspecified atom stereocenters. The fraction of sp³-hybridized carbons (Fsp3) is 0.917. The highest BCUT2D eigenvalue weighted by Gasteiger charge is 2.17. The first-order valence-corrected chi connectivity index (χ1v) is 6.02. The summed E-state index contributed by atoms with van der Waals surface area (Å²) in [6.45, 7) is 4.04. The van der Waals surface area contributed by atoms with Gasteiger partial charge in [-0.3, -0.25) is 4.79 Å². The smallest absolute Gasteiger partial charge is 0.309 e. The minimum absolute atomic E-state index is 0.207. The van der Waals surface area contributed by atoms with Crippen molar-refractivity contribution in [2.75, 3.05) is 54.2 Å². The topological polar surface area (TPSA) is 68.2 Å². The molecule has 0 aliphatic heterocycles. The van der Waals surface area contributed by atoms with Gasteiger partial charge >= 0.3 is 5.97 Å². The van der Waals surface area contributed by atoms with Crippen molar-refractivity contribution in [1.29, 1.82) is 0 Å². The molecule has 0 saturated carbocycles. The van der Waals surface area contributed by atoms with Gasteiger partial charge in [-0.1, -0.05) is 6.92 Å². The van der Waals surface area contributed by atoms with Gasteiger partial charge in [0.2, 0.25) is 0 Å². The van der Waals surface area contributed by atoms with E-state index in [-0.39, 0.29) is 18.5 Å². The maximum Gasteiger partial charge on any atom is 0.309 e. The standard InChI is InChI=1S/C12H25NO5/c1-10(12(15)17-4)7-13(2)8-11(14)9-18-6-5-16-3/h10-11,14H,5-9H2,1-4H3. The Kier molecular flexibility index (Phi) is 9.86. The normalized spacial score (nSPS) is 14.6. The maximum absolute atomic E-state index is 11.2. The molecule has 2 atom stereocenters. The van der Waals surface area contributed by atoms with Gasteiger partial charge in [-0.25, -0.2) is 0 Å². The van der Waals surface area contributed by atoms with Crippen molar-refractivity contribution in [3.63, 3.8) is 0 Å². The quantitative estimate of drug-likeness (QED) is 0.433. The average Bonchev–Trinajstić information content (AvgIpc) is 2.33. The number of esters is 1. The average molecular weight is 263 g/mol. The van der Waals surface area contributed by atoms with Crippen LogP contribution in [-0.2, 0) is 19.0 Å². The molecule has 0 aromatic carbocycles. The number of hydrogen-bond donors (Lipinski definition) is 1. The minimum atomic E-state index is -0.572. The van der Waals surface area contributed by atoms with E-state index in [0.29, 0.717) is 26.3 Å². The number of likely N-dealkylation sites (N-methyl/N-ethyl adjacent to an activating group) is 1. The van der Waals surface area contributed by atoms with Crippen LogP contribution in [0.15, 0.2) is 0 Å². The van der Waals surface area contributed by atoms with E-state index in [4.69, 9.17) is 9.47 Å². The van der Waals surface area contributed by atoms with E-state index in [0.717, 1.165) is 0 Å². The zero-order valence-electron chi connectivity index (χ0n) is 11.7. The van der Waals surface area contributed by atoms with E-state index in [9.17, 15) is 9.90 Å². The molecule has 6 nitrogen and oxygen atoms in total. The summed E-state index contributed by atoms with van der Waals surface area (Å²) in [7, 11) is 4.82. The summed E-state index contributed by atoms with van der Waals surface area (Å²) in [5, 5.41) is 9.70. The predicted molar refractivity (Wildman–Crippen MR) is 67.4 cm³/mol. The number of nitrogens with zero attached hydrogens (tertiary/aromatic N) is 1. The lowest BCUT2D eigenvalue weighted by atomic mass is 10.1. The molecule has 108 valence electrons. The minimum Gasteiger partial charge on any atom is -0.469 e. The lowest BCUT2D eigenvalue weighted by Crippen LogP contribution is -2.36. The van der Waals surface area contributed by atoms with Crippen LogP contribution < -0.4 is 0 Å². The number of carbonyl (C=O) groups is 1. The van der Waals surface area contributed by atoms with E-state index in [1.807, 2.05) is 11.9 Å². The Labute approximate surface area is 109 Å². The van der Waals surface area contributed by atoms with Crippen LogP contribution in [0.3, 0.4) is 0 Å². The van der Waals surface area contributed by atoms with E-state index in [1.54, 1.807) is 14.0 Å². The fourth-order valence-electron chi connectivity index (χ4n) is 1.59. The molecule has 0 fully saturated rings. The lowest BCUT2D eigenvalue weighted by Gasteiger charge is -2.22. The van der Waals surface area contributed by atoms with Crippen molar-refractivity contribution in [3.8, 4) is 0 Å². The number of rotatable bonds is 10. The molecule has 0 bridgehead atoms. The molecule has 0 aromatic rings. The highest BCUT2D eigenvalue weighted by atomic mass is 16.5. The second kappa shape index (κ2) is 10.3. The third kappa shape index (κ3) is 8.41. The number of hydrogen-bond acceptors (Lipinski definition) is 6. The molecule has 0 spiro atoms. The highest BCUT2D eigenvalue weighted by molar-refractivity contribution is 5.71. The second-order valence-corrected chi connectivity index (χ2v) is 4.37. The van der Waals surface area contributed by atoms with E-state index < -0.39 is 6.10 Å². The monoisotopic (exact) mass is 263 g/mol. The van der Waals surface area contributed by atoms with Crippen LogP contribution >= 0.6 is 0 Å².